The van der Waals surface area contributed by atoms with Crippen molar-refractivity contribution in [3.8, 4) is 22.9 Å². The Balaban J connectivity index is 1.17. The van der Waals surface area contributed by atoms with Gasteiger partial charge in [-0.25, -0.2) is 26.7 Å². The maximum Gasteiger partial charge on any atom is 0.410 e. The average Bonchev–Trinajstić information content (AvgIpc) is 3.44. The molecule has 1 saturated carbocycles. The highest BCUT2D eigenvalue weighted by molar-refractivity contribution is 6.04. The predicted octanol–water partition coefficient (Wildman–Crippen LogP) is 8.72. The maximum absolute atomic E-state index is 17.7. The zero-order chi connectivity index (χ0) is 40.9. The second kappa shape index (κ2) is 13.7. The van der Waals surface area contributed by atoms with Gasteiger partial charge in [-0.2, -0.15) is 9.97 Å². The van der Waals surface area contributed by atoms with E-state index in [0.717, 1.165) is 25.3 Å². The summed E-state index contributed by atoms with van der Waals surface area (Å²) in [5.74, 6) is -5.28. The van der Waals surface area contributed by atoms with Crippen molar-refractivity contribution in [3.63, 3.8) is 0 Å². The number of alkyl halides is 2. The molecule has 58 heavy (non-hydrogen) atoms. The highest BCUT2D eigenvalue weighted by atomic mass is 19.3. The number of fused-ring (bicyclic) bond motifs is 5. The van der Waals surface area contributed by atoms with Gasteiger partial charge in [0.15, 0.2) is 24.2 Å². The molecule has 15 heteroatoms. The lowest BCUT2D eigenvalue weighted by atomic mass is 9.89. The SMILES string of the molecule is C=Cc1cc2c(N3C[C@H]4CC[C@@H](C3)N4C(=O)OC(C)(C)C)nc(OC[C@@]34CCCN3C[C@@]3(CC3(F)F)C4)nc2c(F)c1-c1cc(OCOC)cc2ccc(F)c(F)c12. The van der Waals surface area contributed by atoms with Crippen LogP contribution >= 0.6 is 0 Å². The first-order valence-corrected chi connectivity index (χ1v) is 19.8. The van der Waals surface area contributed by atoms with Gasteiger partial charge in [-0.3, -0.25) is 9.80 Å². The Kier molecular flexibility index (Phi) is 9.12. The molecule has 5 aliphatic rings. The molecule has 4 aliphatic heterocycles. The molecule has 308 valence electrons. The lowest BCUT2D eigenvalue weighted by Crippen LogP contribution is -2.57. The summed E-state index contributed by atoms with van der Waals surface area (Å²) >= 11 is 0. The summed E-state index contributed by atoms with van der Waals surface area (Å²) in [5.41, 5.74) is -2.38. The van der Waals surface area contributed by atoms with Gasteiger partial charge in [0, 0.05) is 49.5 Å². The standard InChI is InChI=1S/C43H46F5N5O5/c1-6-24-15-30-36(35(46)32(24)29-16-28(57-23-55-5)14-25-8-11-31(44)34(45)33(25)29)49-38(56-22-42-12-7-13-52(42)21-41(19-42)20-43(41,47)48)50-37(30)51-17-26-9-10-27(18-51)53(26)39(54)58-40(2,3)4/h6,8,11,14-16,26-27H,1,7,9-10,12-13,17-23H2,2-5H3/t26-,27+,41-,42-/m0/s1. The molecule has 0 radical (unpaired) electrons. The normalized spacial score (nSPS) is 26.2. The summed E-state index contributed by atoms with van der Waals surface area (Å²) in [6.45, 7) is 11.0. The van der Waals surface area contributed by atoms with Gasteiger partial charge in [-0.15, -0.1) is 0 Å². The highest BCUT2D eigenvalue weighted by Gasteiger charge is 2.77. The number of carbonyl (C=O) groups is 1. The third kappa shape index (κ3) is 6.30. The molecule has 0 unspecified atom stereocenters. The summed E-state index contributed by atoms with van der Waals surface area (Å²) in [6.07, 6.45) is 4.11. The number of ether oxygens (including phenoxy) is 4. The molecule has 2 bridgehead atoms. The van der Waals surface area contributed by atoms with E-state index in [1.807, 2.05) is 25.7 Å². The maximum atomic E-state index is 17.7. The Morgan fingerprint density at radius 2 is 1.76 bits per heavy atom. The smallest absolute Gasteiger partial charge is 0.410 e. The second-order valence-electron chi connectivity index (χ2n) is 17.6. The van der Waals surface area contributed by atoms with Crippen LogP contribution in [0.2, 0.25) is 0 Å². The van der Waals surface area contributed by atoms with Crippen molar-refractivity contribution in [1.82, 2.24) is 19.8 Å². The summed E-state index contributed by atoms with van der Waals surface area (Å²) in [4.78, 5) is 28.8. The number of methoxy groups -OCH3 is 1. The van der Waals surface area contributed by atoms with Crippen LogP contribution in [0.3, 0.4) is 0 Å². The minimum Gasteiger partial charge on any atom is -0.468 e. The Hall–Kier alpha value is -4.76. The number of aromatic nitrogens is 2. The average molecular weight is 808 g/mol. The largest absolute Gasteiger partial charge is 0.468 e. The van der Waals surface area contributed by atoms with Crippen LogP contribution in [-0.2, 0) is 9.47 Å². The van der Waals surface area contributed by atoms with Crippen LogP contribution in [0.1, 0.15) is 64.9 Å². The Bertz CT molecular complexity index is 2340. The number of hydrogen-bond acceptors (Lipinski definition) is 9. The number of benzene rings is 3. The van der Waals surface area contributed by atoms with Crippen molar-refractivity contribution in [2.45, 2.75) is 88.4 Å². The molecule has 4 aromatic rings. The molecule has 1 amide bonds. The zero-order valence-electron chi connectivity index (χ0n) is 33.0. The number of carbonyl (C=O) groups excluding carboxylic acids is 1. The first-order valence-electron chi connectivity index (χ1n) is 19.8. The zero-order valence-corrected chi connectivity index (χ0v) is 33.0. The van der Waals surface area contributed by atoms with Gasteiger partial charge in [-0.05, 0) is 100 Å². The van der Waals surface area contributed by atoms with Gasteiger partial charge in [0.2, 0.25) is 0 Å². The lowest BCUT2D eigenvalue weighted by Gasteiger charge is -2.42. The molecule has 3 aromatic carbocycles. The van der Waals surface area contributed by atoms with Crippen molar-refractivity contribution < 1.29 is 45.7 Å². The fourth-order valence-electron chi connectivity index (χ4n) is 10.1. The third-order valence-electron chi connectivity index (χ3n) is 12.7. The summed E-state index contributed by atoms with van der Waals surface area (Å²) in [6, 6.07) is 6.40. The van der Waals surface area contributed by atoms with E-state index in [-0.39, 0.29) is 83.1 Å². The van der Waals surface area contributed by atoms with Crippen molar-refractivity contribution in [1.29, 1.82) is 0 Å². The fourth-order valence-corrected chi connectivity index (χ4v) is 10.1. The van der Waals surface area contributed by atoms with E-state index < -0.39 is 46.0 Å². The van der Waals surface area contributed by atoms with Gasteiger partial charge < -0.3 is 23.8 Å². The van der Waals surface area contributed by atoms with Crippen LogP contribution in [0.5, 0.6) is 11.8 Å². The summed E-state index contributed by atoms with van der Waals surface area (Å²) in [7, 11) is 1.44. The molecule has 0 N–H and O–H groups in total. The topological polar surface area (TPSA) is 89.5 Å². The number of anilines is 1. The molecule has 1 aromatic heterocycles. The lowest BCUT2D eigenvalue weighted by molar-refractivity contribution is 0.0122. The first-order chi connectivity index (χ1) is 27.6. The minimum absolute atomic E-state index is 0.00338. The molecule has 1 spiro atoms. The van der Waals surface area contributed by atoms with Crippen molar-refractivity contribution >= 4 is 39.7 Å². The Morgan fingerprint density at radius 3 is 2.43 bits per heavy atom. The highest BCUT2D eigenvalue weighted by Crippen LogP contribution is 2.69. The van der Waals surface area contributed by atoms with Crippen LogP contribution in [-0.4, -0.2) is 102 Å². The molecule has 1 aliphatic carbocycles. The van der Waals surface area contributed by atoms with E-state index in [1.54, 1.807) is 11.0 Å². The van der Waals surface area contributed by atoms with Gasteiger partial charge in [-0.1, -0.05) is 18.7 Å². The first kappa shape index (κ1) is 38.7. The van der Waals surface area contributed by atoms with Crippen LogP contribution < -0.4 is 14.4 Å². The Labute approximate surface area is 332 Å². The van der Waals surface area contributed by atoms with E-state index >= 15 is 8.78 Å². The molecule has 4 atom stereocenters. The molecule has 4 saturated heterocycles. The third-order valence-corrected chi connectivity index (χ3v) is 12.7. The quantitative estimate of drug-likeness (QED) is 0.122. The van der Waals surface area contributed by atoms with Gasteiger partial charge in [0.1, 0.15) is 29.3 Å². The van der Waals surface area contributed by atoms with E-state index in [0.29, 0.717) is 43.8 Å². The predicted molar refractivity (Wildman–Crippen MR) is 208 cm³/mol. The summed E-state index contributed by atoms with van der Waals surface area (Å²) in [5, 5.41) is 0.410. The summed E-state index contributed by atoms with van der Waals surface area (Å²) < 4.78 is 101. The monoisotopic (exact) mass is 807 g/mol. The molecule has 5 fully saturated rings. The molecular formula is C43H46F5N5O5. The van der Waals surface area contributed by atoms with E-state index in [4.69, 9.17) is 23.9 Å². The van der Waals surface area contributed by atoms with E-state index in [1.165, 1.54) is 31.4 Å². The van der Waals surface area contributed by atoms with Crippen LogP contribution in [0.4, 0.5) is 32.6 Å². The van der Waals surface area contributed by atoms with Crippen LogP contribution in [0, 0.1) is 22.9 Å². The van der Waals surface area contributed by atoms with Gasteiger partial charge in [0.25, 0.3) is 5.92 Å². The van der Waals surface area contributed by atoms with Crippen molar-refractivity contribution in [3.05, 3.63) is 59.9 Å². The van der Waals surface area contributed by atoms with E-state index in [9.17, 15) is 18.0 Å². The molecule has 5 heterocycles. The van der Waals surface area contributed by atoms with Crippen LogP contribution in [0.15, 0.2) is 36.9 Å². The number of halogens is 5. The van der Waals surface area contributed by atoms with Crippen molar-refractivity contribution in [2.24, 2.45) is 5.41 Å². The number of rotatable bonds is 9. The number of hydrogen-bond donors (Lipinski definition) is 0. The molecule has 10 nitrogen and oxygen atoms in total. The Morgan fingerprint density at radius 1 is 1.02 bits per heavy atom. The van der Waals surface area contributed by atoms with E-state index in [2.05, 4.69) is 16.5 Å². The second-order valence-corrected chi connectivity index (χ2v) is 17.6. The van der Waals surface area contributed by atoms with Gasteiger partial charge >= 0.3 is 12.1 Å². The number of piperazine rings is 1. The number of nitrogens with zero attached hydrogens (tertiary/aromatic N) is 5. The number of amides is 1. The fraction of sp³-hybridized carbons (Fsp3) is 0.512. The van der Waals surface area contributed by atoms with Crippen LogP contribution in [0.25, 0.3) is 38.9 Å². The minimum atomic E-state index is -2.72. The van der Waals surface area contributed by atoms with Gasteiger partial charge in [0.05, 0.1) is 23.0 Å². The molecule has 9 rings (SSSR count). The van der Waals surface area contributed by atoms with Crippen molar-refractivity contribution in [2.75, 3.05) is 51.6 Å². The molecular weight excluding hydrogens is 761 g/mol.